The SMILES string of the molecule is CCCC[C@H](NC(=O)Cn1ccnn1)C(=O)O. The molecule has 1 rings (SSSR count). The minimum Gasteiger partial charge on any atom is -0.480 e. The Morgan fingerprint density at radius 2 is 2.29 bits per heavy atom. The molecule has 1 aromatic heterocycles. The number of carboxylic acid groups (broad SMARTS) is 1. The predicted molar refractivity (Wildman–Crippen MR) is 59.1 cm³/mol. The average molecular weight is 240 g/mol. The van der Waals surface area contributed by atoms with Crippen LogP contribution >= 0.6 is 0 Å². The largest absolute Gasteiger partial charge is 0.480 e. The molecule has 1 amide bonds. The van der Waals surface area contributed by atoms with E-state index in [2.05, 4.69) is 15.6 Å². The molecule has 17 heavy (non-hydrogen) atoms. The number of carbonyl (C=O) groups is 2. The highest BCUT2D eigenvalue weighted by molar-refractivity contribution is 5.83. The highest BCUT2D eigenvalue weighted by atomic mass is 16.4. The summed E-state index contributed by atoms with van der Waals surface area (Å²) in [5.41, 5.74) is 0. The number of hydrogen-bond donors (Lipinski definition) is 2. The van der Waals surface area contributed by atoms with Crippen LogP contribution in [0.15, 0.2) is 12.4 Å². The normalized spacial score (nSPS) is 12.1. The second-order valence-corrected chi connectivity index (χ2v) is 3.70. The maximum Gasteiger partial charge on any atom is 0.326 e. The van der Waals surface area contributed by atoms with Gasteiger partial charge in [-0.1, -0.05) is 25.0 Å². The van der Waals surface area contributed by atoms with Crippen LogP contribution < -0.4 is 5.32 Å². The van der Waals surface area contributed by atoms with E-state index in [1.54, 1.807) is 6.20 Å². The molecule has 0 saturated heterocycles. The van der Waals surface area contributed by atoms with E-state index in [-0.39, 0.29) is 12.5 Å². The van der Waals surface area contributed by atoms with Gasteiger partial charge in [0.15, 0.2) is 0 Å². The molecule has 0 saturated carbocycles. The number of hydrogen-bond acceptors (Lipinski definition) is 4. The third kappa shape index (κ3) is 4.62. The minimum atomic E-state index is -1.01. The van der Waals surface area contributed by atoms with Crippen LogP contribution in [0, 0.1) is 0 Å². The molecule has 0 aliphatic carbocycles. The fourth-order valence-corrected chi connectivity index (χ4v) is 1.37. The Bertz CT molecular complexity index is 364. The number of nitrogens with one attached hydrogen (secondary N) is 1. The van der Waals surface area contributed by atoms with Gasteiger partial charge >= 0.3 is 5.97 Å². The molecule has 0 fully saturated rings. The van der Waals surface area contributed by atoms with E-state index >= 15 is 0 Å². The predicted octanol–water partition coefficient (Wildman–Crippen LogP) is 0.0377. The van der Waals surface area contributed by atoms with E-state index in [1.807, 2.05) is 6.92 Å². The Morgan fingerprint density at radius 1 is 1.53 bits per heavy atom. The fraction of sp³-hybridized carbons (Fsp3) is 0.600. The Balaban J connectivity index is 2.43. The summed E-state index contributed by atoms with van der Waals surface area (Å²) >= 11 is 0. The topological polar surface area (TPSA) is 97.1 Å². The molecule has 0 aliphatic rings. The standard InChI is InChI=1S/C10H16N4O3/c1-2-3-4-8(10(16)17)12-9(15)7-14-6-5-11-13-14/h5-6,8H,2-4,7H2,1H3,(H,12,15)(H,16,17)/t8-/m0/s1. The Kier molecular flexibility index (Phi) is 5.12. The summed E-state index contributed by atoms with van der Waals surface area (Å²) < 4.78 is 1.34. The lowest BCUT2D eigenvalue weighted by Crippen LogP contribution is -2.42. The highest BCUT2D eigenvalue weighted by Crippen LogP contribution is 2.01. The third-order valence-electron chi connectivity index (χ3n) is 2.26. The summed E-state index contributed by atoms with van der Waals surface area (Å²) in [6.07, 6.45) is 5.10. The van der Waals surface area contributed by atoms with Gasteiger partial charge in [0.2, 0.25) is 5.91 Å². The average Bonchev–Trinajstić information content (AvgIpc) is 2.76. The molecule has 0 unspecified atom stereocenters. The van der Waals surface area contributed by atoms with Crippen LogP contribution in [0.5, 0.6) is 0 Å². The van der Waals surface area contributed by atoms with Crippen molar-refractivity contribution in [3.63, 3.8) is 0 Å². The molecule has 1 aromatic rings. The maximum absolute atomic E-state index is 11.5. The molecule has 2 N–H and O–H groups in total. The monoisotopic (exact) mass is 240 g/mol. The van der Waals surface area contributed by atoms with Gasteiger partial charge in [0.05, 0.1) is 6.20 Å². The van der Waals surface area contributed by atoms with Crippen LogP contribution in [0.1, 0.15) is 26.2 Å². The van der Waals surface area contributed by atoms with Crippen molar-refractivity contribution in [1.29, 1.82) is 0 Å². The van der Waals surface area contributed by atoms with Crippen molar-refractivity contribution in [2.45, 2.75) is 38.8 Å². The van der Waals surface area contributed by atoms with Crippen molar-refractivity contribution in [3.05, 3.63) is 12.4 Å². The van der Waals surface area contributed by atoms with Crippen molar-refractivity contribution in [1.82, 2.24) is 20.3 Å². The highest BCUT2D eigenvalue weighted by Gasteiger charge is 2.19. The summed E-state index contributed by atoms with van der Waals surface area (Å²) in [5.74, 6) is -1.38. The third-order valence-corrected chi connectivity index (χ3v) is 2.26. The van der Waals surface area contributed by atoms with Gasteiger partial charge in [-0.15, -0.1) is 5.10 Å². The molecule has 7 nitrogen and oxygen atoms in total. The Labute approximate surface area is 98.8 Å². The second kappa shape index (κ2) is 6.62. The number of carboxylic acids is 1. The van der Waals surface area contributed by atoms with Crippen LogP contribution in [0.3, 0.4) is 0 Å². The zero-order chi connectivity index (χ0) is 12.7. The lowest BCUT2D eigenvalue weighted by atomic mass is 10.1. The number of amides is 1. The Hall–Kier alpha value is -1.92. The number of nitrogens with zero attached hydrogens (tertiary/aromatic N) is 3. The molecule has 1 heterocycles. The van der Waals surface area contributed by atoms with Crippen LogP contribution in [0.4, 0.5) is 0 Å². The van der Waals surface area contributed by atoms with E-state index in [9.17, 15) is 9.59 Å². The van der Waals surface area contributed by atoms with Crippen molar-refractivity contribution in [3.8, 4) is 0 Å². The van der Waals surface area contributed by atoms with E-state index in [4.69, 9.17) is 5.11 Å². The van der Waals surface area contributed by atoms with Gasteiger partial charge in [0, 0.05) is 6.20 Å². The van der Waals surface area contributed by atoms with Gasteiger partial charge < -0.3 is 10.4 Å². The van der Waals surface area contributed by atoms with E-state index in [0.717, 1.165) is 12.8 Å². The smallest absolute Gasteiger partial charge is 0.326 e. The molecule has 1 atom stereocenters. The van der Waals surface area contributed by atoms with Crippen LogP contribution in [-0.4, -0.2) is 38.0 Å². The molecule has 94 valence electrons. The minimum absolute atomic E-state index is 0.0180. The molecular weight excluding hydrogens is 224 g/mol. The van der Waals surface area contributed by atoms with E-state index in [1.165, 1.54) is 10.9 Å². The summed E-state index contributed by atoms with van der Waals surface area (Å²) in [7, 11) is 0. The number of rotatable bonds is 7. The summed E-state index contributed by atoms with van der Waals surface area (Å²) in [5, 5.41) is 18.6. The molecule has 0 radical (unpaired) electrons. The van der Waals surface area contributed by atoms with Gasteiger partial charge in [0.1, 0.15) is 12.6 Å². The molecule has 0 aliphatic heterocycles. The molecule has 0 bridgehead atoms. The first kappa shape index (κ1) is 13.1. The quantitative estimate of drug-likeness (QED) is 0.701. The number of carbonyl (C=O) groups excluding carboxylic acids is 1. The summed E-state index contributed by atoms with van der Waals surface area (Å²) in [4.78, 5) is 22.4. The zero-order valence-corrected chi connectivity index (χ0v) is 9.67. The molecule has 0 spiro atoms. The molecular formula is C10H16N4O3. The zero-order valence-electron chi connectivity index (χ0n) is 9.67. The lowest BCUT2D eigenvalue weighted by molar-refractivity contribution is -0.142. The van der Waals surface area contributed by atoms with Gasteiger partial charge in [-0.05, 0) is 6.42 Å². The maximum atomic E-state index is 11.5. The van der Waals surface area contributed by atoms with E-state index < -0.39 is 12.0 Å². The van der Waals surface area contributed by atoms with Crippen LogP contribution in [0.2, 0.25) is 0 Å². The summed E-state index contributed by atoms with van der Waals surface area (Å²) in [6, 6.07) is -0.828. The lowest BCUT2D eigenvalue weighted by Gasteiger charge is -2.13. The first-order valence-electron chi connectivity index (χ1n) is 5.49. The van der Waals surface area contributed by atoms with Crippen LogP contribution in [0.25, 0.3) is 0 Å². The van der Waals surface area contributed by atoms with Crippen molar-refractivity contribution in [2.75, 3.05) is 0 Å². The fourth-order valence-electron chi connectivity index (χ4n) is 1.37. The van der Waals surface area contributed by atoms with E-state index in [0.29, 0.717) is 6.42 Å². The molecule has 7 heteroatoms. The molecule has 0 aromatic carbocycles. The summed E-state index contributed by atoms with van der Waals surface area (Å²) in [6.45, 7) is 1.95. The second-order valence-electron chi connectivity index (χ2n) is 3.70. The van der Waals surface area contributed by atoms with Gasteiger partial charge in [0.25, 0.3) is 0 Å². The van der Waals surface area contributed by atoms with Gasteiger partial charge in [-0.2, -0.15) is 0 Å². The number of aromatic nitrogens is 3. The van der Waals surface area contributed by atoms with Crippen molar-refractivity contribution < 1.29 is 14.7 Å². The Morgan fingerprint density at radius 3 is 2.82 bits per heavy atom. The van der Waals surface area contributed by atoms with Gasteiger partial charge in [-0.25, -0.2) is 9.48 Å². The van der Waals surface area contributed by atoms with Gasteiger partial charge in [-0.3, -0.25) is 4.79 Å². The first-order chi connectivity index (χ1) is 8.13. The number of aliphatic carboxylic acids is 1. The van der Waals surface area contributed by atoms with Crippen molar-refractivity contribution in [2.24, 2.45) is 0 Å². The first-order valence-corrected chi connectivity index (χ1v) is 5.49. The number of unbranched alkanes of at least 4 members (excludes halogenated alkanes) is 1. The van der Waals surface area contributed by atoms with Crippen LogP contribution in [-0.2, 0) is 16.1 Å². The van der Waals surface area contributed by atoms with Crippen molar-refractivity contribution >= 4 is 11.9 Å².